The molecule has 0 aromatic heterocycles. The zero-order valence-electron chi connectivity index (χ0n) is 11.4. The second kappa shape index (κ2) is 5.90. The van der Waals surface area contributed by atoms with Gasteiger partial charge < -0.3 is 15.0 Å². The Morgan fingerprint density at radius 3 is 2.75 bits per heavy atom. The van der Waals surface area contributed by atoms with Crippen LogP contribution in [-0.4, -0.2) is 41.9 Å². The van der Waals surface area contributed by atoms with Crippen LogP contribution >= 0.6 is 0 Å². The number of halogens is 1. The van der Waals surface area contributed by atoms with Crippen molar-refractivity contribution >= 4 is 11.8 Å². The van der Waals surface area contributed by atoms with Crippen LogP contribution in [-0.2, 0) is 9.59 Å². The number of carbonyl (C=O) groups is 2. The third kappa shape index (κ3) is 3.07. The van der Waals surface area contributed by atoms with Gasteiger partial charge in [-0.25, -0.2) is 4.39 Å². The fourth-order valence-corrected chi connectivity index (χ4v) is 2.08. The Bertz CT molecular complexity index is 504. The van der Waals surface area contributed by atoms with Gasteiger partial charge in [0.25, 0.3) is 5.91 Å². The Morgan fingerprint density at radius 1 is 1.45 bits per heavy atom. The molecular formula is C14H17FN2O3. The molecule has 20 heavy (non-hydrogen) atoms. The first-order valence-electron chi connectivity index (χ1n) is 6.49. The molecule has 0 radical (unpaired) electrons. The summed E-state index contributed by atoms with van der Waals surface area (Å²) in [6.45, 7) is 4.20. The fraction of sp³-hybridized carbons (Fsp3) is 0.429. The molecule has 108 valence electrons. The van der Waals surface area contributed by atoms with Crippen LogP contribution in [0, 0.1) is 5.82 Å². The van der Waals surface area contributed by atoms with E-state index < -0.39 is 12.1 Å². The quantitative estimate of drug-likeness (QED) is 0.896. The maximum Gasteiger partial charge on any atom is 0.264 e. The molecule has 1 N–H and O–H groups in total. The second-order valence-corrected chi connectivity index (χ2v) is 4.71. The van der Waals surface area contributed by atoms with E-state index in [1.807, 2.05) is 0 Å². The van der Waals surface area contributed by atoms with E-state index in [9.17, 15) is 14.0 Å². The lowest BCUT2D eigenvalue weighted by Crippen LogP contribution is -2.58. The molecule has 2 rings (SSSR count). The average molecular weight is 280 g/mol. The lowest BCUT2D eigenvalue weighted by Gasteiger charge is -2.34. The summed E-state index contributed by atoms with van der Waals surface area (Å²) in [4.78, 5) is 25.3. The molecule has 0 spiro atoms. The minimum absolute atomic E-state index is 0.168. The molecule has 2 atom stereocenters. The lowest BCUT2D eigenvalue weighted by molar-refractivity contribution is -0.147. The molecule has 2 unspecified atom stereocenters. The lowest BCUT2D eigenvalue weighted by atomic mass is 10.2. The van der Waals surface area contributed by atoms with Crippen LogP contribution in [0.1, 0.15) is 13.8 Å². The highest BCUT2D eigenvalue weighted by atomic mass is 19.1. The van der Waals surface area contributed by atoms with E-state index in [1.54, 1.807) is 13.8 Å². The minimum Gasteiger partial charge on any atom is -0.481 e. The van der Waals surface area contributed by atoms with E-state index in [4.69, 9.17) is 4.74 Å². The first-order valence-corrected chi connectivity index (χ1v) is 6.49. The molecule has 1 saturated heterocycles. The summed E-state index contributed by atoms with van der Waals surface area (Å²) in [6, 6.07) is 4.96. The highest BCUT2D eigenvalue weighted by Crippen LogP contribution is 2.15. The molecule has 1 aliphatic rings. The summed E-state index contributed by atoms with van der Waals surface area (Å²) < 4.78 is 18.3. The Kier molecular flexibility index (Phi) is 4.22. The molecule has 1 heterocycles. The van der Waals surface area contributed by atoms with Gasteiger partial charge in [-0.15, -0.1) is 0 Å². The summed E-state index contributed by atoms with van der Waals surface area (Å²) in [7, 11) is 0. The number of hydrogen-bond donors (Lipinski definition) is 1. The van der Waals surface area contributed by atoms with Crippen molar-refractivity contribution in [3.63, 3.8) is 0 Å². The number of benzene rings is 1. The van der Waals surface area contributed by atoms with Crippen LogP contribution in [0.5, 0.6) is 5.75 Å². The van der Waals surface area contributed by atoms with E-state index in [-0.39, 0.29) is 17.6 Å². The van der Waals surface area contributed by atoms with E-state index >= 15 is 0 Å². The van der Waals surface area contributed by atoms with Crippen LogP contribution in [0.3, 0.4) is 0 Å². The van der Waals surface area contributed by atoms with Crippen LogP contribution in [0.25, 0.3) is 0 Å². The molecule has 0 saturated carbocycles. The van der Waals surface area contributed by atoms with Crippen molar-refractivity contribution in [3.8, 4) is 5.75 Å². The van der Waals surface area contributed by atoms with Crippen molar-refractivity contribution < 1.29 is 18.7 Å². The molecule has 1 fully saturated rings. The second-order valence-electron chi connectivity index (χ2n) is 4.71. The van der Waals surface area contributed by atoms with Gasteiger partial charge in [0.05, 0.1) is 0 Å². The van der Waals surface area contributed by atoms with Crippen molar-refractivity contribution in [1.29, 1.82) is 0 Å². The minimum atomic E-state index is -0.728. The van der Waals surface area contributed by atoms with Gasteiger partial charge in [0.1, 0.15) is 17.6 Å². The van der Waals surface area contributed by atoms with Gasteiger partial charge in [0.15, 0.2) is 6.10 Å². The topological polar surface area (TPSA) is 58.6 Å². The molecule has 5 nitrogen and oxygen atoms in total. The Hall–Kier alpha value is -2.11. The molecular weight excluding hydrogens is 263 g/mol. The Labute approximate surface area is 116 Å². The number of carbonyl (C=O) groups excluding carboxylic acids is 2. The van der Waals surface area contributed by atoms with Gasteiger partial charge in [0, 0.05) is 13.1 Å². The first kappa shape index (κ1) is 14.3. The van der Waals surface area contributed by atoms with E-state index in [1.165, 1.54) is 29.2 Å². The molecule has 1 aromatic rings. The maximum absolute atomic E-state index is 12.8. The summed E-state index contributed by atoms with van der Waals surface area (Å²) in [5.41, 5.74) is 0. The zero-order valence-corrected chi connectivity index (χ0v) is 11.4. The van der Waals surface area contributed by atoms with Gasteiger partial charge in [-0.3, -0.25) is 9.59 Å². The van der Waals surface area contributed by atoms with E-state index in [2.05, 4.69) is 5.32 Å². The number of nitrogens with zero attached hydrogens (tertiary/aromatic N) is 1. The zero-order chi connectivity index (χ0) is 14.7. The highest BCUT2D eigenvalue weighted by Gasteiger charge is 2.32. The molecule has 1 aliphatic heterocycles. The predicted octanol–water partition coefficient (Wildman–Crippen LogP) is 0.940. The van der Waals surface area contributed by atoms with Gasteiger partial charge in [-0.05, 0) is 38.1 Å². The van der Waals surface area contributed by atoms with Crippen LogP contribution in [0.15, 0.2) is 24.3 Å². The third-order valence-corrected chi connectivity index (χ3v) is 3.26. The Morgan fingerprint density at radius 2 is 2.10 bits per heavy atom. The van der Waals surface area contributed by atoms with Crippen molar-refractivity contribution in [1.82, 2.24) is 10.2 Å². The highest BCUT2D eigenvalue weighted by molar-refractivity contribution is 5.90. The van der Waals surface area contributed by atoms with E-state index in [0.717, 1.165) is 0 Å². The van der Waals surface area contributed by atoms with Crippen LogP contribution < -0.4 is 10.1 Å². The largest absolute Gasteiger partial charge is 0.481 e. The number of amides is 2. The number of rotatable bonds is 3. The number of nitrogens with one attached hydrogen (secondary N) is 1. The van der Waals surface area contributed by atoms with Crippen molar-refractivity contribution in [2.24, 2.45) is 0 Å². The predicted molar refractivity (Wildman–Crippen MR) is 70.7 cm³/mol. The summed E-state index contributed by atoms with van der Waals surface area (Å²) in [5.74, 6) is -0.366. The summed E-state index contributed by atoms with van der Waals surface area (Å²) in [6.07, 6.45) is -0.728. The van der Waals surface area contributed by atoms with Gasteiger partial charge >= 0.3 is 0 Å². The number of ether oxygens (including phenoxy) is 1. The van der Waals surface area contributed by atoms with Gasteiger partial charge in [-0.2, -0.15) is 0 Å². The molecule has 0 bridgehead atoms. The van der Waals surface area contributed by atoms with Crippen LogP contribution in [0.4, 0.5) is 4.39 Å². The number of hydrogen-bond acceptors (Lipinski definition) is 3. The van der Waals surface area contributed by atoms with E-state index in [0.29, 0.717) is 18.8 Å². The average Bonchev–Trinajstić information content (AvgIpc) is 2.43. The third-order valence-electron chi connectivity index (χ3n) is 3.26. The number of piperazine rings is 1. The first-order chi connectivity index (χ1) is 9.49. The molecule has 1 aromatic carbocycles. The summed E-state index contributed by atoms with van der Waals surface area (Å²) >= 11 is 0. The standard InChI is InChI=1S/C14H17FN2O3/c1-9-13(18)16-7-8-17(9)14(19)10(2)20-12-5-3-11(15)4-6-12/h3-6,9-10H,7-8H2,1-2H3,(H,16,18). The monoisotopic (exact) mass is 280 g/mol. The maximum atomic E-state index is 12.8. The molecule has 6 heteroatoms. The van der Waals surface area contributed by atoms with Crippen molar-refractivity contribution in [2.75, 3.05) is 13.1 Å². The summed E-state index contributed by atoms with van der Waals surface area (Å²) in [5, 5.41) is 2.70. The van der Waals surface area contributed by atoms with Crippen LogP contribution in [0.2, 0.25) is 0 Å². The molecule has 0 aliphatic carbocycles. The van der Waals surface area contributed by atoms with Crippen molar-refractivity contribution in [2.45, 2.75) is 26.0 Å². The van der Waals surface area contributed by atoms with Gasteiger partial charge in [-0.1, -0.05) is 0 Å². The van der Waals surface area contributed by atoms with Crippen molar-refractivity contribution in [3.05, 3.63) is 30.1 Å². The Balaban J connectivity index is 2.01. The SMILES string of the molecule is CC(Oc1ccc(F)cc1)C(=O)N1CCNC(=O)C1C. The van der Waals surface area contributed by atoms with Gasteiger partial charge in [0.2, 0.25) is 5.91 Å². The smallest absolute Gasteiger partial charge is 0.264 e. The fourth-order valence-electron chi connectivity index (χ4n) is 2.08. The molecule has 2 amide bonds. The normalized spacial score (nSPS) is 20.2.